The van der Waals surface area contributed by atoms with Crippen molar-refractivity contribution in [2.75, 3.05) is 12.0 Å². The molecule has 0 bridgehead atoms. The molecule has 2 rings (SSSR count). The maximum atomic E-state index is 11.2. The predicted octanol–water partition coefficient (Wildman–Crippen LogP) is 0.350. The number of nitrogens with one attached hydrogen (secondary N) is 1. The minimum Gasteiger partial charge on any atom is -0.399 e. The maximum absolute atomic E-state index is 11.2. The monoisotopic (exact) mass is 272 g/mol. The standard InChI is InChI=1S/C11H16N2O4S/c1-18(15,16)17-10-6-7(12)2-5-9(10)11(14)13-8-3-4-8/h2,5-6,8,11,13-14H,3-4,12H2,1H3. The average Bonchev–Trinajstić information content (AvgIpc) is 2.98. The van der Waals surface area contributed by atoms with Gasteiger partial charge in [0.2, 0.25) is 0 Å². The molecule has 1 aromatic carbocycles. The van der Waals surface area contributed by atoms with Crippen LogP contribution in [0.25, 0.3) is 0 Å². The summed E-state index contributed by atoms with van der Waals surface area (Å²) in [6.07, 6.45) is 2.00. The van der Waals surface area contributed by atoms with E-state index in [4.69, 9.17) is 9.92 Å². The summed E-state index contributed by atoms with van der Waals surface area (Å²) in [7, 11) is -3.66. The maximum Gasteiger partial charge on any atom is 0.306 e. The highest BCUT2D eigenvalue weighted by atomic mass is 32.2. The lowest BCUT2D eigenvalue weighted by Crippen LogP contribution is -2.24. The van der Waals surface area contributed by atoms with Crippen molar-refractivity contribution in [2.45, 2.75) is 25.1 Å². The van der Waals surface area contributed by atoms with Gasteiger partial charge in [-0.25, -0.2) is 0 Å². The van der Waals surface area contributed by atoms with E-state index in [1.165, 1.54) is 6.07 Å². The molecule has 1 fully saturated rings. The molecule has 100 valence electrons. The van der Waals surface area contributed by atoms with Crippen molar-refractivity contribution in [1.82, 2.24) is 5.32 Å². The van der Waals surface area contributed by atoms with Crippen LogP contribution in [0.1, 0.15) is 24.6 Å². The van der Waals surface area contributed by atoms with Gasteiger partial charge in [0.25, 0.3) is 0 Å². The van der Waals surface area contributed by atoms with Crippen molar-refractivity contribution in [1.29, 1.82) is 0 Å². The highest BCUT2D eigenvalue weighted by Gasteiger charge is 2.26. The van der Waals surface area contributed by atoms with Crippen molar-refractivity contribution in [2.24, 2.45) is 0 Å². The third-order valence-electron chi connectivity index (χ3n) is 2.54. The Morgan fingerprint density at radius 3 is 2.72 bits per heavy atom. The van der Waals surface area contributed by atoms with Crippen LogP contribution >= 0.6 is 0 Å². The molecule has 0 spiro atoms. The molecule has 0 radical (unpaired) electrons. The predicted molar refractivity (Wildman–Crippen MR) is 67.4 cm³/mol. The van der Waals surface area contributed by atoms with Gasteiger partial charge in [-0.15, -0.1) is 0 Å². The van der Waals surface area contributed by atoms with E-state index >= 15 is 0 Å². The Labute approximate surface area is 106 Å². The molecule has 1 aromatic rings. The van der Waals surface area contributed by atoms with Gasteiger partial charge in [0.15, 0.2) is 5.75 Å². The van der Waals surface area contributed by atoms with Gasteiger partial charge in [-0.3, -0.25) is 5.32 Å². The first-order valence-electron chi connectivity index (χ1n) is 5.58. The molecule has 4 N–H and O–H groups in total. The molecule has 1 aliphatic rings. The van der Waals surface area contributed by atoms with Gasteiger partial charge in [0.1, 0.15) is 6.23 Å². The lowest BCUT2D eigenvalue weighted by molar-refractivity contribution is 0.135. The van der Waals surface area contributed by atoms with Crippen molar-refractivity contribution in [3.63, 3.8) is 0 Å². The molecule has 18 heavy (non-hydrogen) atoms. The Kier molecular flexibility index (Phi) is 3.47. The van der Waals surface area contributed by atoms with Crippen LogP contribution in [0.3, 0.4) is 0 Å². The lowest BCUT2D eigenvalue weighted by Gasteiger charge is -2.16. The van der Waals surface area contributed by atoms with E-state index in [0.29, 0.717) is 11.3 Å². The highest BCUT2D eigenvalue weighted by Crippen LogP contribution is 2.30. The van der Waals surface area contributed by atoms with Gasteiger partial charge >= 0.3 is 10.1 Å². The van der Waals surface area contributed by atoms with Crippen molar-refractivity contribution in [3.05, 3.63) is 23.8 Å². The second kappa shape index (κ2) is 4.75. The van der Waals surface area contributed by atoms with E-state index in [-0.39, 0.29) is 11.8 Å². The molecule has 1 unspecified atom stereocenters. The smallest absolute Gasteiger partial charge is 0.306 e. The minimum absolute atomic E-state index is 0.0538. The Morgan fingerprint density at radius 2 is 2.17 bits per heavy atom. The Morgan fingerprint density at radius 1 is 1.50 bits per heavy atom. The summed E-state index contributed by atoms with van der Waals surface area (Å²) in [5.41, 5.74) is 6.32. The topological polar surface area (TPSA) is 102 Å². The van der Waals surface area contributed by atoms with Crippen LogP contribution in [0.4, 0.5) is 5.69 Å². The third kappa shape index (κ3) is 3.59. The first-order valence-corrected chi connectivity index (χ1v) is 7.40. The summed E-state index contributed by atoms with van der Waals surface area (Å²) >= 11 is 0. The summed E-state index contributed by atoms with van der Waals surface area (Å²) in [5, 5.41) is 12.9. The molecule has 7 heteroatoms. The normalized spacial score (nSPS) is 17.4. The quantitative estimate of drug-likeness (QED) is 0.406. The van der Waals surface area contributed by atoms with Gasteiger partial charge in [-0.05, 0) is 25.0 Å². The number of aliphatic hydroxyl groups is 1. The first-order chi connectivity index (χ1) is 8.35. The largest absolute Gasteiger partial charge is 0.399 e. The van der Waals surface area contributed by atoms with Gasteiger partial charge in [0, 0.05) is 23.4 Å². The number of nitrogen functional groups attached to an aromatic ring is 1. The van der Waals surface area contributed by atoms with Crippen LogP contribution in [0, 0.1) is 0 Å². The van der Waals surface area contributed by atoms with E-state index < -0.39 is 16.3 Å². The van der Waals surface area contributed by atoms with Crippen LogP contribution in [0.15, 0.2) is 18.2 Å². The van der Waals surface area contributed by atoms with Crippen molar-refractivity contribution >= 4 is 15.8 Å². The molecule has 0 aromatic heterocycles. The fourth-order valence-corrected chi connectivity index (χ4v) is 2.05. The number of aliphatic hydroxyl groups excluding tert-OH is 1. The zero-order valence-corrected chi connectivity index (χ0v) is 10.8. The average molecular weight is 272 g/mol. The van der Waals surface area contributed by atoms with E-state index in [1.807, 2.05) is 0 Å². The van der Waals surface area contributed by atoms with Gasteiger partial charge in [-0.1, -0.05) is 0 Å². The number of hydrogen-bond acceptors (Lipinski definition) is 6. The van der Waals surface area contributed by atoms with Crippen LogP contribution in [-0.4, -0.2) is 25.8 Å². The van der Waals surface area contributed by atoms with Gasteiger partial charge in [0.05, 0.1) is 6.26 Å². The summed E-state index contributed by atoms with van der Waals surface area (Å²) in [4.78, 5) is 0. The van der Waals surface area contributed by atoms with Gasteiger partial charge < -0.3 is 15.0 Å². The van der Waals surface area contributed by atoms with E-state index in [9.17, 15) is 13.5 Å². The van der Waals surface area contributed by atoms with E-state index in [0.717, 1.165) is 19.1 Å². The molecule has 1 saturated carbocycles. The molecule has 1 aliphatic carbocycles. The molecular formula is C11H16N2O4S. The second-order valence-electron chi connectivity index (χ2n) is 4.43. The Hall–Kier alpha value is -1.31. The molecule has 0 aliphatic heterocycles. The fourth-order valence-electron chi connectivity index (χ4n) is 1.58. The van der Waals surface area contributed by atoms with E-state index in [2.05, 4.69) is 5.32 Å². The number of hydrogen-bond donors (Lipinski definition) is 3. The summed E-state index contributed by atoms with van der Waals surface area (Å²) in [6.45, 7) is 0. The number of rotatable bonds is 5. The molecular weight excluding hydrogens is 256 g/mol. The molecule has 0 heterocycles. The lowest BCUT2D eigenvalue weighted by atomic mass is 10.1. The second-order valence-corrected chi connectivity index (χ2v) is 6.00. The SMILES string of the molecule is CS(=O)(=O)Oc1cc(N)ccc1C(O)NC1CC1. The fraction of sp³-hybridized carbons (Fsp3) is 0.455. The first kappa shape index (κ1) is 13.1. The van der Waals surface area contributed by atoms with E-state index in [1.54, 1.807) is 12.1 Å². The number of nitrogens with two attached hydrogens (primary N) is 1. The molecule has 1 atom stereocenters. The van der Waals surface area contributed by atoms with Gasteiger partial charge in [-0.2, -0.15) is 8.42 Å². The summed E-state index contributed by atoms with van der Waals surface area (Å²) < 4.78 is 27.1. The Balaban J connectivity index is 2.26. The van der Waals surface area contributed by atoms with Crippen LogP contribution in [-0.2, 0) is 10.1 Å². The molecule has 0 saturated heterocycles. The third-order valence-corrected chi connectivity index (χ3v) is 3.03. The zero-order valence-electron chi connectivity index (χ0n) is 9.96. The highest BCUT2D eigenvalue weighted by molar-refractivity contribution is 7.86. The number of anilines is 1. The zero-order chi connectivity index (χ0) is 13.3. The Bertz CT molecular complexity index is 540. The molecule has 6 nitrogen and oxygen atoms in total. The minimum atomic E-state index is -3.66. The number of benzene rings is 1. The van der Waals surface area contributed by atoms with Crippen molar-refractivity contribution in [3.8, 4) is 5.75 Å². The van der Waals surface area contributed by atoms with Crippen LogP contribution in [0.2, 0.25) is 0 Å². The summed E-state index contributed by atoms with van der Waals surface area (Å²) in [5.74, 6) is 0.0538. The van der Waals surface area contributed by atoms with Crippen LogP contribution < -0.4 is 15.2 Å². The van der Waals surface area contributed by atoms with Crippen LogP contribution in [0.5, 0.6) is 5.75 Å². The molecule has 0 amide bonds. The van der Waals surface area contributed by atoms with Crippen molar-refractivity contribution < 1.29 is 17.7 Å². The summed E-state index contributed by atoms with van der Waals surface area (Å²) in [6, 6.07) is 4.80.